The molecular formula is C16H12N2O2. The van der Waals surface area contributed by atoms with E-state index >= 15 is 0 Å². The Balaban J connectivity index is 1.76. The van der Waals surface area contributed by atoms with E-state index in [1.54, 1.807) is 6.26 Å². The second-order valence-electron chi connectivity index (χ2n) is 4.66. The first-order valence-electron chi connectivity index (χ1n) is 6.42. The molecule has 0 radical (unpaired) electrons. The molecule has 20 heavy (non-hydrogen) atoms. The predicted molar refractivity (Wildman–Crippen MR) is 77.6 cm³/mol. The maximum absolute atomic E-state index is 5.74. The number of ether oxygens (including phenoxy) is 1. The summed E-state index contributed by atoms with van der Waals surface area (Å²) in [5.74, 6) is 0.642. The Kier molecular flexibility index (Phi) is 2.45. The summed E-state index contributed by atoms with van der Waals surface area (Å²) in [5, 5.41) is 0. The minimum atomic E-state index is 0.552. The van der Waals surface area contributed by atoms with Gasteiger partial charge >= 0.3 is 0 Å². The Morgan fingerprint density at radius 3 is 3.05 bits per heavy atom. The van der Waals surface area contributed by atoms with Gasteiger partial charge in [0, 0.05) is 16.7 Å². The third kappa shape index (κ3) is 1.82. The Morgan fingerprint density at radius 1 is 1.10 bits per heavy atom. The number of anilines is 1. The predicted octanol–water partition coefficient (Wildman–Crippen LogP) is 3.62. The SMILES string of the molecule is C1=Cc2ccc(C3=Nc4ccccc4CO3)cc2NO1. The zero-order chi connectivity index (χ0) is 13.4. The maximum Gasteiger partial charge on any atom is 0.221 e. The highest BCUT2D eigenvalue weighted by molar-refractivity contribution is 5.98. The Hall–Kier alpha value is -2.75. The van der Waals surface area contributed by atoms with Crippen LogP contribution in [0.25, 0.3) is 6.08 Å². The molecule has 0 fully saturated rings. The maximum atomic E-state index is 5.74. The van der Waals surface area contributed by atoms with E-state index in [9.17, 15) is 0 Å². The van der Waals surface area contributed by atoms with E-state index in [1.807, 2.05) is 48.5 Å². The van der Waals surface area contributed by atoms with Crippen LogP contribution in [0, 0.1) is 0 Å². The average molecular weight is 264 g/mol. The van der Waals surface area contributed by atoms with E-state index in [1.165, 1.54) is 0 Å². The Bertz CT molecular complexity index is 735. The molecule has 4 rings (SSSR count). The third-order valence-electron chi connectivity index (χ3n) is 3.36. The van der Waals surface area contributed by atoms with E-state index in [0.717, 1.165) is 28.1 Å². The van der Waals surface area contributed by atoms with Crippen LogP contribution in [0.3, 0.4) is 0 Å². The van der Waals surface area contributed by atoms with Gasteiger partial charge in [0.25, 0.3) is 0 Å². The lowest BCUT2D eigenvalue weighted by molar-refractivity contribution is 0.288. The smallest absolute Gasteiger partial charge is 0.221 e. The molecule has 2 aliphatic heterocycles. The minimum absolute atomic E-state index is 0.552. The average Bonchev–Trinajstić information content (AvgIpc) is 2.54. The summed E-state index contributed by atoms with van der Waals surface area (Å²) in [6, 6.07) is 14.0. The van der Waals surface area contributed by atoms with E-state index in [0.29, 0.717) is 12.5 Å². The fourth-order valence-corrected chi connectivity index (χ4v) is 2.31. The van der Waals surface area contributed by atoms with Crippen LogP contribution >= 0.6 is 0 Å². The van der Waals surface area contributed by atoms with Crippen molar-refractivity contribution in [2.45, 2.75) is 6.61 Å². The monoisotopic (exact) mass is 264 g/mol. The van der Waals surface area contributed by atoms with Gasteiger partial charge in [-0.1, -0.05) is 24.3 Å². The molecule has 0 spiro atoms. The van der Waals surface area contributed by atoms with E-state index in [-0.39, 0.29) is 0 Å². The summed E-state index contributed by atoms with van der Waals surface area (Å²) in [4.78, 5) is 9.66. The van der Waals surface area contributed by atoms with Crippen LogP contribution in [0.2, 0.25) is 0 Å². The van der Waals surface area contributed by atoms with Gasteiger partial charge in [0.1, 0.15) is 12.9 Å². The molecule has 0 amide bonds. The molecule has 0 atom stereocenters. The van der Waals surface area contributed by atoms with Crippen LogP contribution < -0.4 is 5.48 Å². The molecule has 0 aliphatic carbocycles. The molecule has 4 nitrogen and oxygen atoms in total. The number of benzene rings is 2. The topological polar surface area (TPSA) is 42.8 Å². The largest absolute Gasteiger partial charge is 0.472 e. The lowest BCUT2D eigenvalue weighted by atomic mass is 10.1. The summed E-state index contributed by atoms with van der Waals surface area (Å²) >= 11 is 0. The molecule has 1 N–H and O–H groups in total. The number of para-hydroxylation sites is 1. The quantitative estimate of drug-likeness (QED) is 0.855. The standard InChI is InChI=1S/C16H12N2O2/c1-2-4-14-13(3-1)10-19-16(17-14)12-6-5-11-7-8-20-18-15(11)9-12/h1-9,18H,10H2. The summed E-state index contributed by atoms with van der Waals surface area (Å²) in [6.07, 6.45) is 3.53. The molecule has 2 heterocycles. The highest BCUT2D eigenvalue weighted by atomic mass is 16.6. The van der Waals surface area contributed by atoms with Crippen LogP contribution in [0.5, 0.6) is 0 Å². The Morgan fingerprint density at radius 2 is 2.05 bits per heavy atom. The molecule has 0 saturated carbocycles. The van der Waals surface area contributed by atoms with Crippen LogP contribution in [0.1, 0.15) is 16.7 Å². The molecule has 0 unspecified atom stereocenters. The van der Waals surface area contributed by atoms with Crippen molar-refractivity contribution in [3.63, 3.8) is 0 Å². The number of nitrogens with one attached hydrogen (secondary N) is 1. The summed E-state index contributed by atoms with van der Waals surface area (Å²) in [7, 11) is 0. The first kappa shape index (κ1) is 11.1. The summed E-state index contributed by atoms with van der Waals surface area (Å²) in [6.45, 7) is 0.552. The number of fused-ring (bicyclic) bond motifs is 2. The highest BCUT2D eigenvalue weighted by Crippen LogP contribution is 2.28. The van der Waals surface area contributed by atoms with Gasteiger partial charge in [0.05, 0.1) is 11.4 Å². The second-order valence-corrected chi connectivity index (χ2v) is 4.66. The van der Waals surface area contributed by atoms with E-state index in [4.69, 9.17) is 9.57 Å². The molecule has 0 saturated heterocycles. The summed E-state index contributed by atoms with van der Waals surface area (Å²) < 4.78 is 5.74. The van der Waals surface area contributed by atoms with Crippen LogP contribution in [-0.4, -0.2) is 5.90 Å². The van der Waals surface area contributed by atoms with Crippen molar-refractivity contribution in [2.24, 2.45) is 4.99 Å². The molecule has 2 aromatic rings. The molecule has 98 valence electrons. The Labute approximate surface area is 116 Å². The van der Waals surface area contributed by atoms with E-state index < -0.39 is 0 Å². The molecule has 0 aromatic heterocycles. The highest BCUT2D eigenvalue weighted by Gasteiger charge is 2.16. The third-order valence-corrected chi connectivity index (χ3v) is 3.36. The minimum Gasteiger partial charge on any atom is -0.472 e. The lowest BCUT2D eigenvalue weighted by Crippen LogP contribution is -2.12. The summed E-state index contributed by atoms with van der Waals surface area (Å²) in [5.41, 5.74) is 7.87. The first-order chi connectivity index (χ1) is 9.90. The van der Waals surface area contributed by atoms with Crippen LogP contribution in [-0.2, 0) is 16.2 Å². The van der Waals surface area contributed by atoms with Crippen molar-refractivity contribution in [1.82, 2.24) is 0 Å². The zero-order valence-corrected chi connectivity index (χ0v) is 10.7. The fourth-order valence-electron chi connectivity index (χ4n) is 2.31. The van der Waals surface area contributed by atoms with Gasteiger partial charge in [-0.05, 0) is 24.3 Å². The number of aliphatic imine (C=N–C) groups is 1. The van der Waals surface area contributed by atoms with E-state index in [2.05, 4.69) is 10.5 Å². The van der Waals surface area contributed by atoms with Gasteiger partial charge in [-0.25, -0.2) is 10.5 Å². The van der Waals surface area contributed by atoms with Gasteiger partial charge in [-0.3, -0.25) is 0 Å². The van der Waals surface area contributed by atoms with Crippen molar-refractivity contribution in [2.75, 3.05) is 5.48 Å². The van der Waals surface area contributed by atoms with Gasteiger partial charge in [0.15, 0.2) is 0 Å². The lowest BCUT2D eigenvalue weighted by Gasteiger charge is -2.18. The van der Waals surface area contributed by atoms with Crippen molar-refractivity contribution in [3.05, 3.63) is 65.4 Å². The number of hydrogen-bond donors (Lipinski definition) is 1. The molecule has 2 aromatic carbocycles. The number of rotatable bonds is 1. The number of hydrogen-bond acceptors (Lipinski definition) is 4. The first-order valence-corrected chi connectivity index (χ1v) is 6.42. The van der Waals surface area contributed by atoms with Gasteiger partial charge in [0.2, 0.25) is 5.90 Å². The van der Waals surface area contributed by atoms with Gasteiger partial charge in [-0.15, -0.1) is 0 Å². The van der Waals surface area contributed by atoms with Gasteiger partial charge < -0.3 is 9.57 Å². The van der Waals surface area contributed by atoms with Crippen molar-refractivity contribution < 1.29 is 9.57 Å². The van der Waals surface area contributed by atoms with Crippen molar-refractivity contribution in [3.8, 4) is 0 Å². The normalized spacial score (nSPS) is 15.1. The van der Waals surface area contributed by atoms with Crippen LogP contribution in [0.15, 0.2) is 53.7 Å². The van der Waals surface area contributed by atoms with Crippen molar-refractivity contribution >= 4 is 23.3 Å². The van der Waals surface area contributed by atoms with Crippen LogP contribution in [0.4, 0.5) is 11.4 Å². The second kappa shape index (κ2) is 4.42. The fraction of sp³-hybridized carbons (Fsp3) is 0.0625. The molecule has 4 heteroatoms. The molecular weight excluding hydrogens is 252 g/mol. The molecule has 2 aliphatic rings. The van der Waals surface area contributed by atoms with Crippen molar-refractivity contribution in [1.29, 1.82) is 0 Å². The zero-order valence-electron chi connectivity index (χ0n) is 10.7. The van der Waals surface area contributed by atoms with Gasteiger partial charge in [-0.2, -0.15) is 0 Å². The molecule has 0 bridgehead atoms. The number of nitrogens with zero attached hydrogens (tertiary/aromatic N) is 1.